The van der Waals surface area contributed by atoms with Crippen LogP contribution >= 0.6 is 0 Å². The van der Waals surface area contributed by atoms with Gasteiger partial charge < -0.3 is 15.4 Å². The lowest BCUT2D eigenvalue weighted by molar-refractivity contribution is -0.389. The SMILES string of the molecule is Cc1ccc(C(=O)NCCn2nc([N+](=O)[O-])cc2C)cc1C. The smallest absolute Gasteiger partial charge is 0.358 e. The highest BCUT2D eigenvalue weighted by Crippen LogP contribution is 2.11. The van der Waals surface area contributed by atoms with Crippen LogP contribution in [0.3, 0.4) is 0 Å². The summed E-state index contributed by atoms with van der Waals surface area (Å²) in [6.45, 7) is 6.43. The molecule has 1 aromatic carbocycles. The minimum atomic E-state index is -0.531. The molecule has 0 saturated carbocycles. The highest BCUT2D eigenvalue weighted by atomic mass is 16.6. The topological polar surface area (TPSA) is 90.1 Å². The first kappa shape index (κ1) is 15.7. The van der Waals surface area contributed by atoms with E-state index in [1.54, 1.807) is 13.0 Å². The second-order valence-corrected chi connectivity index (χ2v) is 5.18. The zero-order valence-corrected chi connectivity index (χ0v) is 12.8. The summed E-state index contributed by atoms with van der Waals surface area (Å²) in [5.74, 6) is -0.347. The van der Waals surface area contributed by atoms with Crippen molar-refractivity contribution < 1.29 is 9.72 Å². The lowest BCUT2D eigenvalue weighted by atomic mass is 10.1. The van der Waals surface area contributed by atoms with Crippen molar-refractivity contribution in [1.29, 1.82) is 0 Å². The first-order valence-electron chi connectivity index (χ1n) is 6.93. The van der Waals surface area contributed by atoms with Crippen molar-refractivity contribution in [2.24, 2.45) is 0 Å². The van der Waals surface area contributed by atoms with Crippen molar-refractivity contribution >= 4 is 11.7 Å². The third-order valence-corrected chi connectivity index (χ3v) is 3.53. The number of nitro groups is 1. The van der Waals surface area contributed by atoms with Crippen LogP contribution in [-0.4, -0.2) is 27.2 Å². The van der Waals surface area contributed by atoms with E-state index in [-0.39, 0.29) is 11.7 Å². The lowest BCUT2D eigenvalue weighted by Gasteiger charge is -2.07. The van der Waals surface area contributed by atoms with Crippen LogP contribution in [0.2, 0.25) is 0 Å². The number of nitrogens with one attached hydrogen (secondary N) is 1. The summed E-state index contributed by atoms with van der Waals surface area (Å²) in [5, 5.41) is 17.3. The van der Waals surface area contributed by atoms with E-state index in [4.69, 9.17) is 0 Å². The summed E-state index contributed by atoms with van der Waals surface area (Å²) in [5.41, 5.74) is 3.49. The van der Waals surface area contributed by atoms with Gasteiger partial charge in [-0.2, -0.15) is 4.68 Å². The molecule has 0 aliphatic carbocycles. The van der Waals surface area contributed by atoms with Crippen molar-refractivity contribution in [2.75, 3.05) is 6.54 Å². The largest absolute Gasteiger partial charge is 0.390 e. The van der Waals surface area contributed by atoms with E-state index >= 15 is 0 Å². The Morgan fingerprint density at radius 2 is 2.00 bits per heavy atom. The van der Waals surface area contributed by atoms with Gasteiger partial charge in [0, 0.05) is 12.1 Å². The van der Waals surface area contributed by atoms with Gasteiger partial charge in [-0.1, -0.05) is 6.07 Å². The fourth-order valence-electron chi connectivity index (χ4n) is 2.07. The summed E-state index contributed by atoms with van der Waals surface area (Å²) in [7, 11) is 0. The summed E-state index contributed by atoms with van der Waals surface area (Å²) in [6, 6.07) is 6.94. The standard InChI is InChI=1S/C15H18N4O3/c1-10-4-5-13(8-11(10)2)15(20)16-6-7-18-12(3)9-14(17-18)19(21)22/h4-5,8-9H,6-7H2,1-3H3,(H,16,20). The van der Waals surface area contributed by atoms with E-state index in [1.165, 1.54) is 10.7 Å². The molecule has 22 heavy (non-hydrogen) atoms. The van der Waals surface area contributed by atoms with E-state index in [1.807, 2.05) is 26.0 Å². The molecule has 0 spiro atoms. The minimum absolute atomic E-state index is 0.164. The molecule has 0 aliphatic rings. The average Bonchev–Trinajstić information content (AvgIpc) is 2.83. The third kappa shape index (κ3) is 3.49. The molecule has 0 atom stereocenters. The molecule has 1 heterocycles. The van der Waals surface area contributed by atoms with Crippen molar-refractivity contribution in [3.8, 4) is 0 Å². The molecule has 116 valence electrons. The van der Waals surface area contributed by atoms with E-state index in [2.05, 4.69) is 10.4 Å². The highest BCUT2D eigenvalue weighted by Gasteiger charge is 2.15. The van der Waals surface area contributed by atoms with Crippen LogP contribution in [0.15, 0.2) is 24.3 Å². The number of benzene rings is 1. The maximum absolute atomic E-state index is 12.0. The number of amides is 1. The van der Waals surface area contributed by atoms with E-state index in [9.17, 15) is 14.9 Å². The Morgan fingerprint density at radius 3 is 2.59 bits per heavy atom. The second-order valence-electron chi connectivity index (χ2n) is 5.18. The monoisotopic (exact) mass is 302 g/mol. The van der Waals surface area contributed by atoms with Crippen LogP contribution in [0.4, 0.5) is 5.82 Å². The first-order chi connectivity index (χ1) is 10.4. The van der Waals surface area contributed by atoms with E-state index < -0.39 is 4.92 Å². The van der Waals surface area contributed by atoms with Crippen LogP contribution < -0.4 is 5.32 Å². The van der Waals surface area contributed by atoms with Gasteiger partial charge in [0.25, 0.3) is 5.91 Å². The highest BCUT2D eigenvalue weighted by molar-refractivity contribution is 5.94. The van der Waals surface area contributed by atoms with Gasteiger partial charge in [-0.05, 0) is 49.0 Å². The van der Waals surface area contributed by atoms with E-state index in [0.717, 1.165) is 11.1 Å². The van der Waals surface area contributed by atoms with Crippen LogP contribution in [0.25, 0.3) is 0 Å². The van der Waals surface area contributed by atoms with Crippen LogP contribution in [0.5, 0.6) is 0 Å². The second kappa shape index (κ2) is 6.38. The van der Waals surface area contributed by atoms with Crippen molar-refractivity contribution in [1.82, 2.24) is 15.1 Å². The fourth-order valence-corrected chi connectivity index (χ4v) is 2.07. The maximum atomic E-state index is 12.0. The number of hydrogen-bond acceptors (Lipinski definition) is 4. The van der Waals surface area contributed by atoms with Gasteiger partial charge >= 0.3 is 5.82 Å². The summed E-state index contributed by atoms with van der Waals surface area (Å²) >= 11 is 0. The lowest BCUT2D eigenvalue weighted by Crippen LogP contribution is -2.27. The van der Waals surface area contributed by atoms with Gasteiger partial charge in [0.2, 0.25) is 0 Å². The van der Waals surface area contributed by atoms with Gasteiger partial charge in [-0.3, -0.25) is 4.79 Å². The Morgan fingerprint density at radius 1 is 1.27 bits per heavy atom. The molecule has 1 amide bonds. The molecule has 1 N–H and O–H groups in total. The molecule has 0 saturated heterocycles. The molecule has 0 fully saturated rings. The number of carbonyl (C=O) groups is 1. The normalized spacial score (nSPS) is 10.5. The Kier molecular flexibility index (Phi) is 4.55. The number of nitrogens with zero attached hydrogens (tertiary/aromatic N) is 3. The van der Waals surface area contributed by atoms with Gasteiger partial charge in [0.1, 0.15) is 0 Å². The van der Waals surface area contributed by atoms with Crippen LogP contribution in [0, 0.1) is 30.9 Å². The van der Waals surface area contributed by atoms with Gasteiger partial charge in [0.15, 0.2) is 0 Å². The van der Waals surface area contributed by atoms with Crippen molar-refractivity contribution in [2.45, 2.75) is 27.3 Å². The van der Waals surface area contributed by atoms with Crippen LogP contribution in [-0.2, 0) is 6.54 Å². The summed E-state index contributed by atoms with van der Waals surface area (Å²) in [4.78, 5) is 22.2. The Hall–Kier alpha value is -2.70. The molecule has 1 aromatic heterocycles. The van der Waals surface area contributed by atoms with Gasteiger partial charge in [-0.15, -0.1) is 0 Å². The fraction of sp³-hybridized carbons (Fsp3) is 0.333. The van der Waals surface area contributed by atoms with Crippen molar-refractivity contribution in [3.05, 3.63) is 56.8 Å². The number of aromatic nitrogens is 2. The number of carbonyl (C=O) groups excluding carboxylic acids is 1. The average molecular weight is 302 g/mol. The molecule has 2 rings (SSSR count). The third-order valence-electron chi connectivity index (χ3n) is 3.53. The van der Waals surface area contributed by atoms with Gasteiger partial charge in [-0.25, -0.2) is 0 Å². The quantitative estimate of drug-likeness (QED) is 0.677. The predicted molar refractivity (Wildman–Crippen MR) is 81.9 cm³/mol. The zero-order valence-electron chi connectivity index (χ0n) is 12.8. The molecular formula is C15H18N4O3. The number of hydrogen-bond donors (Lipinski definition) is 1. The molecular weight excluding hydrogens is 284 g/mol. The molecule has 0 unspecified atom stereocenters. The Labute approximate surface area is 128 Å². The molecule has 2 aromatic rings. The van der Waals surface area contributed by atoms with E-state index in [0.29, 0.717) is 24.3 Å². The first-order valence-corrected chi connectivity index (χ1v) is 6.93. The molecule has 0 radical (unpaired) electrons. The predicted octanol–water partition coefficient (Wildman–Crippen LogP) is 2.15. The van der Waals surface area contributed by atoms with Gasteiger partial charge in [0.05, 0.1) is 23.4 Å². The zero-order chi connectivity index (χ0) is 16.3. The Balaban J connectivity index is 1.94. The number of rotatable bonds is 5. The number of aryl methyl sites for hydroxylation is 3. The summed E-state index contributed by atoms with van der Waals surface area (Å²) in [6.07, 6.45) is 0. The maximum Gasteiger partial charge on any atom is 0.390 e. The van der Waals surface area contributed by atoms with Crippen molar-refractivity contribution in [3.63, 3.8) is 0 Å². The minimum Gasteiger partial charge on any atom is -0.358 e. The molecule has 7 heteroatoms. The summed E-state index contributed by atoms with van der Waals surface area (Å²) < 4.78 is 1.51. The van der Waals surface area contributed by atoms with Crippen LogP contribution in [0.1, 0.15) is 27.2 Å². The Bertz CT molecular complexity index is 722. The molecule has 0 bridgehead atoms. The molecule has 0 aliphatic heterocycles. The molecule has 7 nitrogen and oxygen atoms in total.